The van der Waals surface area contributed by atoms with Crippen molar-refractivity contribution in [3.05, 3.63) is 231 Å². The van der Waals surface area contributed by atoms with E-state index in [2.05, 4.69) is 182 Å². The molecule has 1 aliphatic rings. The summed E-state index contributed by atoms with van der Waals surface area (Å²) >= 11 is -3.57. The van der Waals surface area contributed by atoms with Crippen molar-refractivity contribution in [3.63, 3.8) is 0 Å². The second kappa shape index (κ2) is 15.6. The van der Waals surface area contributed by atoms with Gasteiger partial charge >= 0.3 is 360 Å². The van der Waals surface area contributed by atoms with E-state index >= 15 is 0 Å². The van der Waals surface area contributed by atoms with E-state index in [9.17, 15) is 0 Å². The second-order valence-electron chi connectivity index (χ2n) is 15.4. The molecule has 0 amide bonds. The molecule has 0 bridgehead atoms. The van der Waals surface area contributed by atoms with Gasteiger partial charge in [0.2, 0.25) is 0 Å². The van der Waals surface area contributed by atoms with Gasteiger partial charge in [-0.1, -0.05) is 0 Å². The molecule has 0 N–H and O–H groups in total. The molecule has 0 fully saturated rings. The summed E-state index contributed by atoms with van der Waals surface area (Å²) in [6, 6.07) is 82.1. The molecule has 5 heteroatoms. The molecule has 11 rings (SSSR count). The van der Waals surface area contributed by atoms with Gasteiger partial charge in [-0.3, -0.25) is 0 Å². The molecule has 0 saturated heterocycles. The van der Waals surface area contributed by atoms with Crippen molar-refractivity contribution in [2.75, 3.05) is 0 Å². The number of hydrogen-bond donors (Lipinski definition) is 0. The first-order valence-electron chi connectivity index (χ1n) is 20.6. The van der Waals surface area contributed by atoms with Crippen LogP contribution in [0.2, 0.25) is 0 Å². The van der Waals surface area contributed by atoms with Crippen LogP contribution in [0.4, 0.5) is 0 Å². The molecule has 286 valence electrons. The Morgan fingerprint density at radius 3 is 0.885 bits per heavy atom. The molecular weight excluding hydrogens is 801 g/mol. The van der Waals surface area contributed by atoms with E-state index in [4.69, 9.17) is 19.9 Å². The summed E-state index contributed by atoms with van der Waals surface area (Å²) in [6.45, 7) is 0. The summed E-state index contributed by atoms with van der Waals surface area (Å²) in [5.41, 5.74) is 12.2. The van der Waals surface area contributed by atoms with E-state index in [0.29, 0.717) is 11.6 Å². The average molecular weight is 840 g/mol. The number of fused-ring (bicyclic) bond motifs is 3. The van der Waals surface area contributed by atoms with Gasteiger partial charge in [0.15, 0.2) is 0 Å². The zero-order valence-electron chi connectivity index (χ0n) is 33.2. The van der Waals surface area contributed by atoms with Gasteiger partial charge in [0.1, 0.15) is 0 Å². The van der Waals surface area contributed by atoms with Crippen molar-refractivity contribution in [2.45, 2.75) is 0 Å². The van der Waals surface area contributed by atoms with Crippen LogP contribution < -0.4 is 17.6 Å². The quantitative estimate of drug-likeness (QED) is 0.143. The van der Waals surface area contributed by atoms with Gasteiger partial charge in [0, 0.05) is 0 Å². The first-order chi connectivity index (χ1) is 30.2. The van der Waals surface area contributed by atoms with Gasteiger partial charge in [-0.05, 0) is 0 Å². The molecule has 0 spiro atoms. The van der Waals surface area contributed by atoms with Crippen molar-refractivity contribution in [3.8, 4) is 78.9 Å². The SMILES string of the molecule is c1ccc(-c2cc(-c3cc[c]4c(c3)-c3cc(-c5cc(-c6ccccc6)nc(-c6ccccc6)n5)cc[c]3[Ge]4([c]3ccccc3)[c]3ccccc3)nc(-c3ccccc3)n2)cc1. The number of rotatable bonds is 8. The van der Waals surface area contributed by atoms with Crippen LogP contribution in [0.15, 0.2) is 231 Å². The molecule has 4 nitrogen and oxygen atoms in total. The molecule has 61 heavy (non-hydrogen) atoms. The minimum absolute atomic E-state index is 0.702. The normalized spacial score (nSPS) is 12.4. The van der Waals surface area contributed by atoms with Crippen molar-refractivity contribution in [1.29, 1.82) is 0 Å². The zero-order valence-corrected chi connectivity index (χ0v) is 35.3. The fourth-order valence-electron chi connectivity index (χ4n) is 8.95. The van der Waals surface area contributed by atoms with Crippen molar-refractivity contribution >= 4 is 30.8 Å². The molecule has 0 saturated carbocycles. The summed E-state index contributed by atoms with van der Waals surface area (Å²) in [5, 5.41) is 0. The van der Waals surface area contributed by atoms with Crippen LogP contribution in [-0.4, -0.2) is 33.2 Å². The van der Waals surface area contributed by atoms with Crippen LogP contribution in [0.25, 0.3) is 78.9 Å². The maximum absolute atomic E-state index is 5.26. The Hall–Kier alpha value is -7.54. The molecule has 1 aliphatic heterocycles. The Balaban J connectivity index is 1.16. The van der Waals surface area contributed by atoms with E-state index < -0.39 is 13.3 Å². The topological polar surface area (TPSA) is 51.6 Å². The van der Waals surface area contributed by atoms with E-state index in [1.165, 1.54) is 28.7 Å². The molecule has 2 aromatic heterocycles. The van der Waals surface area contributed by atoms with Gasteiger partial charge in [0.05, 0.1) is 0 Å². The van der Waals surface area contributed by atoms with Crippen LogP contribution in [0.3, 0.4) is 0 Å². The van der Waals surface area contributed by atoms with Crippen molar-refractivity contribution < 1.29 is 0 Å². The zero-order chi connectivity index (χ0) is 40.6. The van der Waals surface area contributed by atoms with Crippen LogP contribution in [0, 0.1) is 0 Å². The molecule has 3 heterocycles. The summed E-state index contributed by atoms with van der Waals surface area (Å²) < 4.78 is 5.61. The Morgan fingerprint density at radius 2 is 0.541 bits per heavy atom. The molecular formula is C56H38GeN4. The minimum atomic E-state index is -3.57. The van der Waals surface area contributed by atoms with Gasteiger partial charge in [0.25, 0.3) is 0 Å². The second-order valence-corrected chi connectivity index (χ2v) is 23.2. The van der Waals surface area contributed by atoms with Gasteiger partial charge < -0.3 is 0 Å². The number of nitrogens with zero attached hydrogens (tertiary/aromatic N) is 4. The standard InChI is InChI=1S/C56H38GeN4/c1-7-19-39(20-8-1)51-37-53(60-55(58-51)41-23-11-3-12-24-41)43-31-33-49-47(35-43)48-36-44(32-34-50(48)57(49,45-27-15-5-16-28-45)46-29-17-6-18-30-46)54-38-52(40-21-9-2-10-22-40)59-56(61-54)42-25-13-4-14-26-42/h1-38H. The Kier molecular flexibility index (Phi) is 9.33. The van der Waals surface area contributed by atoms with Crippen LogP contribution in [0.1, 0.15) is 0 Å². The Morgan fingerprint density at radius 1 is 0.246 bits per heavy atom. The summed E-state index contributed by atoms with van der Waals surface area (Å²) in [6.07, 6.45) is 0. The van der Waals surface area contributed by atoms with Gasteiger partial charge in [-0.2, -0.15) is 0 Å². The predicted molar refractivity (Wildman–Crippen MR) is 253 cm³/mol. The third-order valence-electron chi connectivity index (χ3n) is 11.8. The summed E-state index contributed by atoms with van der Waals surface area (Å²) in [4.78, 5) is 20.7. The van der Waals surface area contributed by atoms with Crippen molar-refractivity contribution in [2.24, 2.45) is 0 Å². The van der Waals surface area contributed by atoms with Crippen LogP contribution >= 0.6 is 0 Å². The predicted octanol–water partition coefficient (Wildman–Crippen LogP) is 10.6. The third kappa shape index (κ3) is 6.58. The van der Waals surface area contributed by atoms with Gasteiger partial charge in [-0.15, -0.1) is 0 Å². The Labute approximate surface area is 358 Å². The number of hydrogen-bond acceptors (Lipinski definition) is 4. The fourth-order valence-corrected chi connectivity index (χ4v) is 19.7. The van der Waals surface area contributed by atoms with E-state index in [-0.39, 0.29) is 0 Å². The summed E-state index contributed by atoms with van der Waals surface area (Å²) in [5.74, 6) is 1.40. The molecule has 0 aliphatic carbocycles. The molecule has 10 aromatic rings. The summed E-state index contributed by atoms with van der Waals surface area (Å²) in [7, 11) is 0. The van der Waals surface area contributed by atoms with E-state index in [1.807, 2.05) is 48.5 Å². The number of aromatic nitrogens is 4. The first-order valence-corrected chi connectivity index (χ1v) is 24.8. The third-order valence-corrected chi connectivity index (χ3v) is 22.1. The van der Waals surface area contributed by atoms with Gasteiger partial charge in [-0.25, -0.2) is 0 Å². The van der Waals surface area contributed by atoms with Crippen LogP contribution in [0.5, 0.6) is 0 Å². The average Bonchev–Trinajstić information content (AvgIpc) is 3.65. The van der Waals surface area contributed by atoms with Crippen LogP contribution in [-0.2, 0) is 0 Å². The van der Waals surface area contributed by atoms with E-state index in [1.54, 1.807) is 0 Å². The molecule has 8 aromatic carbocycles. The van der Waals surface area contributed by atoms with E-state index in [0.717, 1.165) is 56.2 Å². The monoisotopic (exact) mass is 840 g/mol. The molecule has 0 unspecified atom stereocenters. The maximum atomic E-state index is 5.26. The Bertz CT molecular complexity index is 2830. The number of benzene rings is 8. The first kappa shape index (κ1) is 36.5. The fraction of sp³-hybridized carbons (Fsp3) is 0. The molecule has 0 atom stereocenters. The van der Waals surface area contributed by atoms with Crippen molar-refractivity contribution in [1.82, 2.24) is 19.9 Å². The molecule has 0 radical (unpaired) electrons.